The molecule has 0 saturated carbocycles. The third kappa shape index (κ3) is 3.31. The highest BCUT2D eigenvalue weighted by Crippen LogP contribution is 2.14. The Kier molecular flexibility index (Phi) is 4.17. The molecule has 2 heterocycles. The molecule has 0 spiro atoms. The molecule has 0 atom stereocenters. The van der Waals surface area contributed by atoms with Gasteiger partial charge in [-0.05, 0) is 12.1 Å². The highest BCUT2D eigenvalue weighted by molar-refractivity contribution is 5.46. The van der Waals surface area contributed by atoms with Crippen LogP contribution in [0.2, 0.25) is 0 Å². The fourth-order valence-electron chi connectivity index (χ4n) is 2.01. The zero-order chi connectivity index (χ0) is 12.1. The summed E-state index contributed by atoms with van der Waals surface area (Å²) in [5.41, 5.74) is 6.35. The molecule has 2 N–H and O–H groups in total. The van der Waals surface area contributed by atoms with E-state index in [-0.39, 0.29) is 0 Å². The second-order valence-electron chi connectivity index (χ2n) is 4.27. The van der Waals surface area contributed by atoms with Crippen molar-refractivity contribution in [2.24, 2.45) is 0 Å². The number of rotatable bonds is 4. The normalized spacial score (nSPS) is 17.4. The van der Waals surface area contributed by atoms with Crippen LogP contribution < -0.4 is 10.6 Å². The molecule has 1 saturated heterocycles. The molecule has 0 aliphatic carbocycles. The molecule has 0 amide bonds. The molecule has 0 radical (unpaired) electrons. The first-order valence-corrected chi connectivity index (χ1v) is 5.97. The smallest absolute Gasteiger partial charge is 0.128 e. The molecule has 2 rings (SSSR count). The number of hydrogen-bond acceptors (Lipinski definition) is 5. The summed E-state index contributed by atoms with van der Waals surface area (Å²) in [6.07, 6.45) is 1.71. The molecule has 0 aromatic carbocycles. The van der Waals surface area contributed by atoms with E-state index in [2.05, 4.69) is 14.8 Å². The van der Waals surface area contributed by atoms with E-state index in [1.165, 1.54) is 0 Å². The SMILES string of the molecule is COCCN1CCN(c2ccc(N)cn2)CC1. The number of nitrogens with two attached hydrogens (primary N) is 1. The van der Waals surface area contributed by atoms with E-state index < -0.39 is 0 Å². The fourth-order valence-corrected chi connectivity index (χ4v) is 2.01. The van der Waals surface area contributed by atoms with Gasteiger partial charge in [-0.25, -0.2) is 4.98 Å². The summed E-state index contributed by atoms with van der Waals surface area (Å²) < 4.78 is 5.09. The second kappa shape index (κ2) is 5.84. The van der Waals surface area contributed by atoms with Gasteiger partial charge in [-0.2, -0.15) is 0 Å². The van der Waals surface area contributed by atoms with Crippen LogP contribution in [-0.4, -0.2) is 56.3 Å². The van der Waals surface area contributed by atoms with Crippen LogP contribution >= 0.6 is 0 Å². The van der Waals surface area contributed by atoms with Gasteiger partial charge in [0.05, 0.1) is 18.5 Å². The Labute approximate surface area is 102 Å². The van der Waals surface area contributed by atoms with Crippen LogP contribution in [-0.2, 0) is 4.74 Å². The zero-order valence-electron chi connectivity index (χ0n) is 10.3. The summed E-state index contributed by atoms with van der Waals surface area (Å²) in [5, 5.41) is 0. The van der Waals surface area contributed by atoms with Crippen molar-refractivity contribution in [3.63, 3.8) is 0 Å². The van der Waals surface area contributed by atoms with Crippen LogP contribution in [0.4, 0.5) is 11.5 Å². The van der Waals surface area contributed by atoms with Gasteiger partial charge in [0, 0.05) is 39.8 Å². The molecule has 0 unspecified atom stereocenters. The molecule has 1 aromatic heterocycles. The molecule has 0 bridgehead atoms. The Morgan fingerprint density at radius 2 is 2.06 bits per heavy atom. The minimum absolute atomic E-state index is 0.715. The Morgan fingerprint density at radius 3 is 2.65 bits per heavy atom. The number of aromatic nitrogens is 1. The topological polar surface area (TPSA) is 54.6 Å². The van der Waals surface area contributed by atoms with Crippen LogP contribution in [0.3, 0.4) is 0 Å². The van der Waals surface area contributed by atoms with Gasteiger partial charge in [-0.3, -0.25) is 4.90 Å². The van der Waals surface area contributed by atoms with Crippen molar-refractivity contribution in [1.29, 1.82) is 0 Å². The summed E-state index contributed by atoms with van der Waals surface area (Å²) in [6, 6.07) is 3.89. The molecule has 5 heteroatoms. The van der Waals surface area contributed by atoms with Gasteiger partial charge in [0.1, 0.15) is 5.82 Å². The maximum absolute atomic E-state index is 5.63. The number of pyridine rings is 1. The van der Waals surface area contributed by atoms with E-state index in [1.807, 2.05) is 12.1 Å². The summed E-state index contributed by atoms with van der Waals surface area (Å²) >= 11 is 0. The number of piperazine rings is 1. The van der Waals surface area contributed by atoms with Crippen molar-refractivity contribution in [2.75, 3.05) is 57.1 Å². The van der Waals surface area contributed by atoms with Crippen LogP contribution in [0.5, 0.6) is 0 Å². The van der Waals surface area contributed by atoms with Crippen molar-refractivity contribution in [3.05, 3.63) is 18.3 Å². The molecule has 1 aromatic rings. The number of ether oxygens (including phenoxy) is 1. The van der Waals surface area contributed by atoms with Gasteiger partial charge in [-0.15, -0.1) is 0 Å². The maximum atomic E-state index is 5.63. The van der Waals surface area contributed by atoms with Gasteiger partial charge < -0.3 is 15.4 Å². The molecule has 94 valence electrons. The third-order valence-corrected chi connectivity index (χ3v) is 3.08. The summed E-state index contributed by atoms with van der Waals surface area (Å²) in [5.74, 6) is 1.02. The van der Waals surface area contributed by atoms with Crippen molar-refractivity contribution < 1.29 is 4.74 Å². The van der Waals surface area contributed by atoms with E-state index in [0.29, 0.717) is 5.69 Å². The van der Waals surface area contributed by atoms with Crippen molar-refractivity contribution >= 4 is 11.5 Å². The Balaban J connectivity index is 1.84. The van der Waals surface area contributed by atoms with Crippen LogP contribution in [0.15, 0.2) is 18.3 Å². The van der Waals surface area contributed by atoms with Gasteiger partial charge >= 0.3 is 0 Å². The summed E-state index contributed by atoms with van der Waals surface area (Å²) in [6.45, 7) is 5.98. The Bertz CT molecular complexity index is 333. The van der Waals surface area contributed by atoms with E-state index >= 15 is 0 Å². The van der Waals surface area contributed by atoms with Crippen LogP contribution in [0.1, 0.15) is 0 Å². The number of hydrogen-bond donors (Lipinski definition) is 1. The molecular formula is C12H20N4O. The highest BCUT2D eigenvalue weighted by atomic mass is 16.5. The van der Waals surface area contributed by atoms with Gasteiger partial charge in [-0.1, -0.05) is 0 Å². The predicted octanol–water partition coefficient (Wildman–Crippen LogP) is 0.432. The number of anilines is 2. The zero-order valence-corrected chi connectivity index (χ0v) is 10.3. The van der Waals surface area contributed by atoms with E-state index in [1.54, 1.807) is 13.3 Å². The fraction of sp³-hybridized carbons (Fsp3) is 0.583. The van der Waals surface area contributed by atoms with E-state index in [0.717, 1.165) is 45.1 Å². The first-order valence-electron chi connectivity index (χ1n) is 5.97. The van der Waals surface area contributed by atoms with Crippen molar-refractivity contribution in [3.8, 4) is 0 Å². The highest BCUT2D eigenvalue weighted by Gasteiger charge is 2.17. The molecule has 1 fully saturated rings. The van der Waals surface area contributed by atoms with E-state index in [9.17, 15) is 0 Å². The van der Waals surface area contributed by atoms with Gasteiger partial charge in [0.2, 0.25) is 0 Å². The van der Waals surface area contributed by atoms with Crippen LogP contribution in [0.25, 0.3) is 0 Å². The quantitative estimate of drug-likeness (QED) is 0.821. The predicted molar refractivity (Wildman–Crippen MR) is 69.2 cm³/mol. The summed E-state index contributed by atoms with van der Waals surface area (Å²) in [7, 11) is 1.74. The monoisotopic (exact) mass is 236 g/mol. The molecule has 1 aliphatic rings. The minimum Gasteiger partial charge on any atom is -0.397 e. The molecule has 17 heavy (non-hydrogen) atoms. The van der Waals surface area contributed by atoms with Gasteiger partial charge in [0.15, 0.2) is 0 Å². The molecule has 1 aliphatic heterocycles. The first-order chi connectivity index (χ1) is 8.29. The average Bonchev–Trinajstić information content (AvgIpc) is 2.38. The van der Waals surface area contributed by atoms with Crippen molar-refractivity contribution in [2.45, 2.75) is 0 Å². The lowest BCUT2D eigenvalue weighted by atomic mass is 10.3. The van der Waals surface area contributed by atoms with Gasteiger partial charge in [0.25, 0.3) is 0 Å². The number of nitrogen functional groups attached to an aromatic ring is 1. The Morgan fingerprint density at radius 1 is 1.29 bits per heavy atom. The average molecular weight is 236 g/mol. The molecule has 5 nitrogen and oxygen atoms in total. The van der Waals surface area contributed by atoms with Crippen molar-refractivity contribution in [1.82, 2.24) is 9.88 Å². The number of nitrogens with zero attached hydrogens (tertiary/aromatic N) is 3. The second-order valence-corrected chi connectivity index (χ2v) is 4.27. The Hall–Kier alpha value is -1.33. The summed E-state index contributed by atoms with van der Waals surface area (Å²) in [4.78, 5) is 9.06. The lowest BCUT2D eigenvalue weighted by molar-refractivity contribution is 0.144. The lowest BCUT2D eigenvalue weighted by Crippen LogP contribution is -2.47. The lowest BCUT2D eigenvalue weighted by Gasteiger charge is -2.35. The maximum Gasteiger partial charge on any atom is 0.128 e. The van der Waals surface area contributed by atoms with E-state index in [4.69, 9.17) is 10.5 Å². The minimum atomic E-state index is 0.715. The number of methoxy groups -OCH3 is 1. The largest absolute Gasteiger partial charge is 0.397 e. The standard InChI is InChI=1S/C12H20N4O/c1-17-9-8-15-4-6-16(7-5-15)12-3-2-11(13)10-14-12/h2-3,10H,4-9,13H2,1H3. The molecular weight excluding hydrogens is 216 g/mol. The third-order valence-electron chi connectivity index (χ3n) is 3.08. The van der Waals surface area contributed by atoms with Crippen LogP contribution in [0, 0.1) is 0 Å². The first kappa shape index (κ1) is 12.1.